The zero-order valence-electron chi connectivity index (χ0n) is 12.4. The number of aromatic nitrogens is 1. The van der Waals surface area contributed by atoms with Crippen molar-refractivity contribution >= 4 is 5.82 Å². The average molecular weight is 271 g/mol. The molecule has 2 bridgehead atoms. The van der Waals surface area contributed by atoms with E-state index in [2.05, 4.69) is 29.4 Å². The van der Waals surface area contributed by atoms with Crippen molar-refractivity contribution in [3.8, 4) is 0 Å². The first-order chi connectivity index (χ1) is 9.79. The number of nitrogens with zero attached hydrogens (tertiary/aromatic N) is 2. The fourth-order valence-corrected chi connectivity index (χ4v) is 4.46. The first-order valence-corrected chi connectivity index (χ1v) is 8.24. The van der Waals surface area contributed by atoms with E-state index < -0.39 is 0 Å². The van der Waals surface area contributed by atoms with Crippen LogP contribution in [0, 0.1) is 5.92 Å². The van der Waals surface area contributed by atoms with Crippen LogP contribution in [0.4, 0.5) is 5.82 Å². The number of hydrogen-bond donors (Lipinski definition) is 1. The quantitative estimate of drug-likeness (QED) is 0.916. The minimum Gasteiger partial charge on any atom is -0.370 e. The number of anilines is 1. The van der Waals surface area contributed by atoms with Crippen LogP contribution in [0.25, 0.3) is 0 Å². The van der Waals surface area contributed by atoms with Gasteiger partial charge in [0.25, 0.3) is 0 Å². The SMILES string of the molecule is CN1C2CCC1CC(CNc1ccc3c(n1)CCC3)C2. The molecule has 0 amide bonds. The van der Waals surface area contributed by atoms with E-state index in [1.54, 1.807) is 0 Å². The van der Waals surface area contributed by atoms with Crippen LogP contribution < -0.4 is 5.32 Å². The van der Waals surface area contributed by atoms with Crippen molar-refractivity contribution in [3.05, 3.63) is 23.4 Å². The fraction of sp³-hybridized carbons (Fsp3) is 0.706. The van der Waals surface area contributed by atoms with Crippen molar-refractivity contribution < 1.29 is 0 Å². The molecule has 108 valence electrons. The maximum absolute atomic E-state index is 4.78. The Kier molecular flexibility index (Phi) is 3.18. The molecule has 1 N–H and O–H groups in total. The van der Waals surface area contributed by atoms with Gasteiger partial charge in [-0.05, 0) is 69.5 Å². The molecule has 4 rings (SSSR count). The highest BCUT2D eigenvalue weighted by molar-refractivity contribution is 5.40. The predicted octanol–water partition coefficient (Wildman–Crippen LogP) is 2.86. The topological polar surface area (TPSA) is 28.2 Å². The number of pyridine rings is 1. The van der Waals surface area contributed by atoms with Crippen molar-refractivity contribution in [2.24, 2.45) is 5.92 Å². The summed E-state index contributed by atoms with van der Waals surface area (Å²) in [7, 11) is 2.31. The molecular weight excluding hydrogens is 246 g/mol. The summed E-state index contributed by atoms with van der Waals surface area (Å²) >= 11 is 0. The highest BCUT2D eigenvalue weighted by Crippen LogP contribution is 2.37. The van der Waals surface area contributed by atoms with E-state index in [1.807, 2.05) is 0 Å². The van der Waals surface area contributed by atoms with E-state index in [0.29, 0.717) is 0 Å². The molecule has 2 unspecified atom stereocenters. The number of rotatable bonds is 3. The van der Waals surface area contributed by atoms with Crippen LogP contribution in [0.2, 0.25) is 0 Å². The average Bonchev–Trinajstić information content (AvgIpc) is 2.98. The lowest BCUT2D eigenvalue weighted by atomic mass is 9.91. The van der Waals surface area contributed by atoms with Gasteiger partial charge in [-0.1, -0.05) is 6.07 Å². The van der Waals surface area contributed by atoms with E-state index in [9.17, 15) is 0 Å². The molecule has 0 saturated carbocycles. The lowest BCUT2D eigenvalue weighted by Gasteiger charge is -2.36. The van der Waals surface area contributed by atoms with Gasteiger partial charge in [-0.15, -0.1) is 0 Å². The standard InChI is InChI=1S/C17H25N3/c1-20-14-6-7-15(20)10-12(9-14)11-18-17-8-5-13-3-2-4-16(13)19-17/h5,8,12,14-15H,2-4,6-7,9-11H2,1H3,(H,18,19). The molecule has 2 atom stereocenters. The third kappa shape index (κ3) is 2.22. The summed E-state index contributed by atoms with van der Waals surface area (Å²) in [6.07, 6.45) is 9.23. The van der Waals surface area contributed by atoms with Crippen LogP contribution in [0.1, 0.15) is 43.4 Å². The van der Waals surface area contributed by atoms with Crippen LogP contribution in [-0.4, -0.2) is 35.6 Å². The first kappa shape index (κ1) is 12.6. The van der Waals surface area contributed by atoms with E-state index in [1.165, 1.54) is 56.2 Å². The van der Waals surface area contributed by atoms with Crippen LogP contribution in [0.5, 0.6) is 0 Å². The number of aryl methyl sites for hydroxylation is 2. The van der Waals surface area contributed by atoms with Crippen molar-refractivity contribution in [1.29, 1.82) is 0 Å². The van der Waals surface area contributed by atoms with Crippen LogP contribution in [0.15, 0.2) is 12.1 Å². The second-order valence-electron chi connectivity index (χ2n) is 6.92. The van der Waals surface area contributed by atoms with Gasteiger partial charge in [0, 0.05) is 24.3 Å². The maximum Gasteiger partial charge on any atom is 0.126 e. The summed E-state index contributed by atoms with van der Waals surface area (Å²) in [5.74, 6) is 1.93. The lowest BCUT2D eigenvalue weighted by molar-refractivity contribution is 0.139. The Hall–Kier alpha value is -1.09. The number of hydrogen-bond acceptors (Lipinski definition) is 3. The zero-order chi connectivity index (χ0) is 13.5. The molecule has 3 heterocycles. The second kappa shape index (κ2) is 5.03. The third-order valence-electron chi connectivity index (χ3n) is 5.70. The molecule has 20 heavy (non-hydrogen) atoms. The van der Waals surface area contributed by atoms with Gasteiger partial charge >= 0.3 is 0 Å². The highest BCUT2D eigenvalue weighted by Gasteiger charge is 2.38. The Balaban J connectivity index is 1.37. The molecule has 3 heteroatoms. The van der Waals surface area contributed by atoms with E-state index in [0.717, 1.165) is 30.4 Å². The van der Waals surface area contributed by atoms with Crippen LogP contribution in [0.3, 0.4) is 0 Å². The Bertz CT molecular complexity index is 485. The van der Waals surface area contributed by atoms with Gasteiger partial charge in [-0.25, -0.2) is 4.98 Å². The van der Waals surface area contributed by atoms with Crippen molar-refractivity contribution in [2.75, 3.05) is 18.9 Å². The van der Waals surface area contributed by atoms with Crippen LogP contribution in [-0.2, 0) is 12.8 Å². The van der Waals surface area contributed by atoms with Gasteiger partial charge in [0.2, 0.25) is 0 Å². The summed E-state index contributed by atoms with van der Waals surface area (Å²) in [5.41, 5.74) is 2.80. The zero-order valence-corrected chi connectivity index (χ0v) is 12.4. The van der Waals surface area contributed by atoms with E-state index in [4.69, 9.17) is 4.98 Å². The molecule has 2 saturated heterocycles. The van der Waals surface area contributed by atoms with Gasteiger partial charge in [0.15, 0.2) is 0 Å². The molecule has 0 spiro atoms. The summed E-state index contributed by atoms with van der Waals surface area (Å²) < 4.78 is 0. The van der Waals surface area contributed by atoms with Crippen molar-refractivity contribution in [2.45, 2.75) is 57.0 Å². The Morgan fingerprint density at radius 1 is 1.20 bits per heavy atom. The van der Waals surface area contributed by atoms with Crippen molar-refractivity contribution in [3.63, 3.8) is 0 Å². The molecule has 0 aromatic carbocycles. The summed E-state index contributed by atoms with van der Waals surface area (Å²) in [4.78, 5) is 7.40. The minimum absolute atomic E-state index is 0.832. The normalized spacial score (nSPS) is 32.4. The second-order valence-corrected chi connectivity index (χ2v) is 6.92. The highest BCUT2D eigenvalue weighted by atomic mass is 15.2. The molecular formula is C17H25N3. The minimum atomic E-state index is 0.832. The van der Waals surface area contributed by atoms with Gasteiger partial charge in [-0.2, -0.15) is 0 Å². The summed E-state index contributed by atoms with van der Waals surface area (Å²) in [6, 6.07) is 6.13. The predicted molar refractivity (Wildman–Crippen MR) is 82.0 cm³/mol. The molecule has 2 aliphatic heterocycles. The van der Waals surface area contributed by atoms with Crippen molar-refractivity contribution in [1.82, 2.24) is 9.88 Å². The molecule has 0 radical (unpaired) electrons. The molecule has 2 fully saturated rings. The largest absolute Gasteiger partial charge is 0.370 e. The summed E-state index contributed by atoms with van der Waals surface area (Å²) in [5, 5.41) is 3.60. The maximum atomic E-state index is 4.78. The van der Waals surface area contributed by atoms with Gasteiger partial charge in [-0.3, -0.25) is 0 Å². The number of nitrogens with one attached hydrogen (secondary N) is 1. The summed E-state index contributed by atoms with van der Waals surface area (Å²) in [6.45, 7) is 1.10. The molecule has 1 aliphatic carbocycles. The lowest BCUT2D eigenvalue weighted by Crippen LogP contribution is -2.41. The van der Waals surface area contributed by atoms with E-state index >= 15 is 0 Å². The Morgan fingerprint density at radius 2 is 2.00 bits per heavy atom. The smallest absolute Gasteiger partial charge is 0.126 e. The molecule has 1 aromatic rings. The monoisotopic (exact) mass is 271 g/mol. The Labute approximate surface area is 121 Å². The Morgan fingerprint density at radius 3 is 2.80 bits per heavy atom. The molecule has 1 aromatic heterocycles. The first-order valence-electron chi connectivity index (χ1n) is 8.24. The third-order valence-corrected chi connectivity index (χ3v) is 5.70. The number of fused-ring (bicyclic) bond motifs is 3. The fourth-order valence-electron chi connectivity index (χ4n) is 4.46. The van der Waals surface area contributed by atoms with Crippen LogP contribution >= 0.6 is 0 Å². The van der Waals surface area contributed by atoms with Gasteiger partial charge in [0.05, 0.1) is 0 Å². The molecule has 3 aliphatic rings. The number of piperidine rings is 1. The molecule has 3 nitrogen and oxygen atoms in total. The van der Waals surface area contributed by atoms with Gasteiger partial charge < -0.3 is 10.2 Å². The van der Waals surface area contributed by atoms with E-state index in [-0.39, 0.29) is 0 Å². The van der Waals surface area contributed by atoms with Gasteiger partial charge in [0.1, 0.15) is 5.82 Å².